The van der Waals surface area contributed by atoms with E-state index in [9.17, 15) is 22.4 Å². The Bertz CT molecular complexity index is 1090. The highest BCUT2D eigenvalue weighted by molar-refractivity contribution is 5.83. The summed E-state index contributed by atoms with van der Waals surface area (Å²) >= 11 is 0. The molecule has 1 aromatic heterocycles. The molecule has 0 radical (unpaired) electrons. The number of carbonyl (C=O) groups excluding carboxylic acids is 1. The first kappa shape index (κ1) is 20.9. The van der Waals surface area contributed by atoms with E-state index in [0.29, 0.717) is 49.6 Å². The standard InChI is InChI=1S/C22H21F4N3O4/c23-13-2-4-15-11(5-13)1-3-16(31-15)17(30)27-21-8-20(9-21,10-21)19-29-28-18(32-19)12-6-14(7-12)33-22(24,25)26/h2,4-5,12,14,16H,1,3,6-10H2,(H,27,30)/t12-,14+,16-,20?,21?/m0/s1. The fraction of sp³-hybridized carbons (Fsp3) is 0.591. The summed E-state index contributed by atoms with van der Waals surface area (Å²) in [4.78, 5) is 12.8. The van der Waals surface area contributed by atoms with E-state index in [-0.39, 0.29) is 41.4 Å². The summed E-state index contributed by atoms with van der Waals surface area (Å²) in [5.41, 5.74) is 0.167. The van der Waals surface area contributed by atoms with Gasteiger partial charge in [0.1, 0.15) is 11.6 Å². The van der Waals surface area contributed by atoms with Gasteiger partial charge in [-0.3, -0.25) is 9.53 Å². The molecule has 33 heavy (non-hydrogen) atoms. The maximum absolute atomic E-state index is 13.4. The van der Waals surface area contributed by atoms with Crippen LogP contribution in [0.4, 0.5) is 17.6 Å². The van der Waals surface area contributed by atoms with Crippen molar-refractivity contribution in [3.8, 4) is 5.75 Å². The summed E-state index contributed by atoms with van der Waals surface area (Å²) in [5.74, 6) is 0.637. The second-order valence-electron chi connectivity index (χ2n) is 9.78. The molecule has 11 heteroatoms. The molecular formula is C22H21F4N3O4. The molecule has 4 saturated carbocycles. The van der Waals surface area contributed by atoms with E-state index in [4.69, 9.17) is 9.15 Å². The van der Waals surface area contributed by atoms with Crippen LogP contribution in [-0.4, -0.2) is 40.2 Å². The van der Waals surface area contributed by atoms with Gasteiger partial charge in [-0.15, -0.1) is 23.4 Å². The van der Waals surface area contributed by atoms with E-state index < -0.39 is 18.6 Å². The Kier molecular flexibility index (Phi) is 4.37. The minimum atomic E-state index is -4.63. The van der Waals surface area contributed by atoms with Crippen LogP contribution in [0.5, 0.6) is 5.75 Å². The van der Waals surface area contributed by atoms with Gasteiger partial charge in [0.25, 0.3) is 5.91 Å². The summed E-state index contributed by atoms with van der Waals surface area (Å²) in [6.45, 7) is 0. The van der Waals surface area contributed by atoms with E-state index in [2.05, 4.69) is 20.3 Å². The van der Waals surface area contributed by atoms with Crippen LogP contribution in [0.3, 0.4) is 0 Å². The van der Waals surface area contributed by atoms with Crippen LogP contribution in [0.15, 0.2) is 22.6 Å². The van der Waals surface area contributed by atoms with Crippen LogP contribution in [-0.2, 0) is 21.4 Å². The first-order valence-corrected chi connectivity index (χ1v) is 11.0. The third-order valence-electron chi connectivity index (χ3n) is 7.32. The molecule has 0 unspecified atom stereocenters. The van der Waals surface area contributed by atoms with Crippen molar-refractivity contribution in [3.63, 3.8) is 0 Å². The molecule has 1 aromatic carbocycles. The van der Waals surface area contributed by atoms with Crippen LogP contribution in [0, 0.1) is 5.82 Å². The summed E-state index contributed by atoms with van der Waals surface area (Å²) in [7, 11) is 0. The lowest BCUT2D eigenvalue weighted by Gasteiger charge is -2.68. The van der Waals surface area contributed by atoms with Crippen LogP contribution < -0.4 is 10.1 Å². The molecule has 0 spiro atoms. The van der Waals surface area contributed by atoms with Crippen LogP contribution >= 0.6 is 0 Å². The number of carbonyl (C=O) groups is 1. The second-order valence-corrected chi connectivity index (χ2v) is 9.78. The largest absolute Gasteiger partial charge is 0.522 e. The molecule has 2 heterocycles. The van der Waals surface area contributed by atoms with E-state index in [0.717, 1.165) is 5.56 Å². The molecule has 1 amide bonds. The van der Waals surface area contributed by atoms with Crippen molar-refractivity contribution in [1.82, 2.24) is 15.5 Å². The highest BCUT2D eigenvalue weighted by Crippen LogP contribution is 2.67. The highest BCUT2D eigenvalue weighted by atomic mass is 19.4. The zero-order valence-corrected chi connectivity index (χ0v) is 17.5. The number of alkyl halides is 3. The van der Waals surface area contributed by atoms with E-state index in [1.165, 1.54) is 12.1 Å². The number of ether oxygens (including phenoxy) is 2. The SMILES string of the molecule is O=C(NC12CC(c3nnc([C@H]4C[C@@H](OC(F)(F)F)C4)o3)(C1)C2)[C@@H]1CCc2cc(F)ccc2O1. The summed E-state index contributed by atoms with van der Waals surface area (Å²) in [6.07, 6.45) is -2.65. The lowest BCUT2D eigenvalue weighted by molar-refractivity contribution is -0.352. The van der Waals surface area contributed by atoms with E-state index >= 15 is 0 Å². The smallest absolute Gasteiger partial charge is 0.480 e. The fourth-order valence-corrected chi connectivity index (χ4v) is 5.70. The molecule has 2 aromatic rings. The minimum absolute atomic E-state index is 0.185. The average molecular weight is 467 g/mol. The molecule has 0 saturated heterocycles. The number of hydrogen-bond donors (Lipinski definition) is 1. The number of aromatic nitrogens is 2. The Morgan fingerprint density at radius 2 is 1.94 bits per heavy atom. The molecule has 7 rings (SSSR count). The van der Waals surface area contributed by atoms with Gasteiger partial charge in [0, 0.05) is 11.5 Å². The Morgan fingerprint density at radius 1 is 1.18 bits per heavy atom. The molecule has 1 aliphatic heterocycles. The molecule has 2 bridgehead atoms. The Morgan fingerprint density at radius 3 is 2.67 bits per heavy atom. The minimum Gasteiger partial charge on any atom is -0.480 e. The lowest BCUT2D eigenvalue weighted by Crippen LogP contribution is -2.77. The van der Waals surface area contributed by atoms with Crippen molar-refractivity contribution in [3.05, 3.63) is 41.4 Å². The number of aryl methyl sites for hydroxylation is 1. The molecule has 4 fully saturated rings. The first-order valence-electron chi connectivity index (χ1n) is 11.0. The van der Waals surface area contributed by atoms with E-state index in [1.807, 2.05) is 0 Å². The monoisotopic (exact) mass is 467 g/mol. The molecule has 176 valence electrons. The third-order valence-corrected chi connectivity index (χ3v) is 7.32. The van der Waals surface area contributed by atoms with Crippen molar-refractivity contribution >= 4 is 5.91 Å². The second kappa shape index (κ2) is 6.91. The Hall–Kier alpha value is -2.69. The molecule has 5 aliphatic rings. The predicted octanol–water partition coefficient (Wildman–Crippen LogP) is 3.68. The van der Waals surface area contributed by atoms with Crippen molar-refractivity contribution in [2.45, 2.75) is 80.4 Å². The molecule has 4 aliphatic carbocycles. The Balaban J connectivity index is 1.02. The molecule has 7 nitrogen and oxygen atoms in total. The van der Waals surface area contributed by atoms with Crippen LogP contribution in [0.1, 0.15) is 61.8 Å². The van der Waals surface area contributed by atoms with Crippen molar-refractivity contribution in [2.24, 2.45) is 0 Å². The first-order chi connectivity index (χ1) is 15.6. The third kappa shape index (κ3) is 3.56. The van der Waals surface area contributed by atoms with Crippen LogP contribution in [0.25, 0.3) is 0 Å². The van der Waals surface area contributed by atoms with Gasteiger partial charge in [-0.1, -0.05) is 0 Å². The quantitative estimate of drug-likeness (QED) is 0.676. The average Bonchev–Trinajstić information content (AvgIpc) is 3.13. The van der Waals surface area contributed by atoms with Crippen LogP contribution in [0.2, 0.25) is 0 Å². The van der Waals surface area contributed by atoms with Gasteiger partial charge in [0.2, 0.25) is 11.8 Å². The number of fused-ring (bicyclic) bond motifs is 1. The predicted molar refractivity (Wildman–Crippen MR) is 103 cm³/mol. The number of amides is 1. The van der Waals surface area contributed by atoms with Gasteiger partial charge >= 0.3 is 6.36 Å². The van der Waals surface area contributed by atoms with Gasteiger partial charge in [-0.05, 0) is 68.7 Å². The highest BCUT2D eigenvalue weighted by Gasteiger charge is 2.72. The summed E-state index contributed by atoms with van der Waals surface area (Å²) in [6, 6.07) is 4.29. The number of halogens is 4. The van der Waals surface area contributed by atoms with Gasteiger partial charge in [0.15, 0.2) is 6.10 Å². The van der Waals surface area contributed by atoms with Crippen molar-refractivity contribution in [2.75, 3.05) is 0 Å². The van der Waals surface area contributed by atoms with E-state index in [1.54, 1.807) is 6.07 Å². The maximum Gasteiger partial charge on any atom is 0.522 e. The number of nitrogens with zero attached hydrogens (tertiary/aromatic N) is 2. The number of nitrogens with one attached hydrogen (secondary N) is 1. The zero-order valence-electron chi connectivity index (χ0n) is 17.5. The van der Waals surface area contributed by atoms with Gasteiger partial charge in [-0.2, -0.15) is 0 Å². The lowest BCUT2D eigenvalue weighted by atomic mass is 9.39. The summed E-state index contributed by atoms with van der Waals surface area (Å²) < 4.78 is 65.8. The molecule has 1 atom stereocenters. The topological polar surface area (TPSA) is 86.5 Å². The zero-order chi connectivity index (χ0) is 23.0. The fourth-order valence-electron chi connectivity index (χ4n) is 5.70. The molecular weight excluding hydrogens is 446 g/mol. The normalized spacial score (nSPS) is 34.2. The Labute approximate surface area is 185 Å². The molecule has 1 N–H and O–H groups in total. The van der Waals surface area contributed by atoms with Gasteiger partial charge in [-0.25, -0.2) is 4.39 Å². The number of benzene rings is 1. The van der Waals surface area contributed by atoms with Gasteiger partial charge in [0.05, 0.1) is 11.5 Å². The van der Waals surface area contributed by atoms with Gasteiger partial charge < -0.3 is 14.5 Å². The van der Waals surface area contributed by atoms with Crippen molar-refractivity contribution < 1.29 is 36.2 Å². The summed E-state index contributed by atoms with van der Waals surface area (Å²) in [5, 5.41) is 11.3. The number of rotatable bonds is 5. The van der Waals surface area contributed by atoms with Crippen molar-refractivity contribution in [1.29, 1.82) is 0 Å². The number of hydrogen-bond acceptors (Lipinski definition) is 6. The maximum atomic E-state index is 13.4.